The van der Waals surface area contributed by atoms with Crippen molar-refractivity contribution in [3.05, 3.63) is 28.5 Å². The number of nitrogens with one attached hydrogen (secondary N) is 1. The van der Waals surface area contributed by atoms with Crippen LogP contribution in [0.1, 0.15) is 24.9 Å². The van der Waals surface area contributed by atoms with Crippen molar-refractivity contribution in [3.8, 4) is 0 Å². The molecule has 0 aliphatic rings. The molecule has 0 bridgehead atoms. The van der Waals surface area contributed by atoms with Crippen molar-refractivity contribution in [3.63, 3.8) is 0 Å². The zero-order valence-corrected chi connectivity index (χ0v) is 11.3. The minimum atomic E-state index is 0.294. The second-order valence-corrected chi connectivity index (χ2v) is 4.72. The molecule has 0 spiro atoms. The number of nitrogens with zero attached hydrogens (tertiary/aromatic N) is 1. The third-order valence-electron chi connectivity index (χ3n) is 3.07. The third kappa shape index (κ3) is 2.28. The lowest BCUT2D eigenvalue weighted by atomic mass is 10.2. The number of aromatic nitrogens is 2. The van der Waals surface area contributed by atoms with E-state index in [1.54, 1.807) is 7.11 Å². The van der Waals surface area contributed by atoms with Gasteiger partial charge in [0.05, 0.1) is 23.7 Å². The van der Waals surface area contributed by atoms with Gasteiger partial charge in [-0.2, -0.15) is 0 Å². The Morgan fingerprint density at radius 2 is 2.24 bits per heavy atom. The van der Waals surface area contributed by atoms with E-state index in [0.717, 1.165) is 16.7 Å². The predicted molar refractivity (Wildman–Crippen MR) is 73.1 cm³/mol. The van der Waals surface area contributed by atoms with E-state index in [1.165, 1.54) is 11.1 Å². The monoisotopic (exact) mass is 250 g/mol. The molecule has 1 aromatic heterocycles. The Bertz CT molecular complexity index is 570. The quantitative estimate of drug-likeness (QED) is 0.840. The van der Waals surface area contributed by atoms with Crippen LogP contribution in [0.15, 0.2) is 18.2 Å². The SMILES string of the molecule is CCC(COC)n1c(=S)[nH]c2ccc(C)cc21. The molecule has 0 amide bonds. The standard InChI is InChI=1S/C13H18N2OS/c1-4-10(8-16-3)15-12-7-9(2)5-6-11(12)14-13(15)17/h5-7,10H,4,8H2,1-3H3,(H,14,17). The van der Waals surface area contributed by atoms with Crippen molar-refractivity contribution >= 4 is 23.3 Å². The Hall–Kier alpha value is -1.13. The van der Waals surface area contributed by atoms with Gasteiger partial charge >= 0.3 is 0 Å². The summed E-state index contributed by atoms with van der Waals surface area (Å²) in [5, 5.41) is 0. The molecule has 1 heterocycles. The van der Waals surface area contributed by atoms with E-state index in [4.69, 9.17) is 17.0 Å². The molecule has 1 aromatic carbocycles. The molecule has 1 unspecified atom stereocenters. The highest BCUT2D eigenvalue weighted by Crippen LogP contribution is 2.22. The summed E-state index contributed by atoms with van der Waals surface area (Å²) in [5.74, 6) is 0. The van der Waals surface area contributed by atoms with E-state index in [-0.39, 0.29) is 0 Å². The lowest BCUT2D eigenvalue weighted by Crippen LogP contribution is -2.13. The molecule has 2 aromatic rings. The molecule has 0 aliphatic heterocycles. The summed E-state index contributed by atoms with van der Waals surface area (Å²) in [6, 6.07) is 6.63. The second-order valence-electron chi connectivity index (χ2n) is 4.34. The van der Waals surface area contributed by atoms with Gasteiger partial charge in [-0.15, -0.1) is 0 Å². The van der Waals surface area contributed by atoms with Gasteiger partial charge in [-0.25, -0.2) is 0 Å². The Morgan fingerprint density at radius 1 is 1.47 bits per heavy atom. The Kier molecular flexibility index (Phi) is 3.64. The number of H-pyrrole nitrogens is 1. The van der Waals surface area contributed by atoms with Crippen LogP contribution in [0.4, 0.5) is 0 Å². The summed E-state index contributed by atoms with van der Waals surface area (Å²) in [6.07, 6.45) is 1.00. The first-order valence-corrected chi connectivity index (χ1v) is 6.28. The van der Waals surface area contributed by atoms with Crippen LogP contribution in [-0.2, 0) is 4.74 Å². The lowest BCUT2D eigenvalue weighted by Gasteiger charge is -2.16. The van der Waals surface area contributed by atoms with Crippen LogP contribution >= 0.6 is 12.2 Å². The smallest absolute Gasteiger partial charge is 0.178 e. The van der Waals surface area contributed by atoms with Gasteiger partial charge in [0.1, 0.15) is 0 Å². The van der Waals surface area contributed by atoms with Crippen LogP contribution in [0.3, 0.4) is 0 Å². The van der Waals surface area contributed by atoms with Crippen molar-refractivity contribution in [1.29, 1.82) is 0 Å². The molecule has 3 nitrogen and oxygen atoms in total. The molecule has 1 N–H and O–H groups in total. The van der Waals surface area contributed by atoms with Gasteiger partial charge in [-0.05, 0) is 43.3 Å². The van der Waals surface area contributed by atoms with Crippen molar-refractivity contribution in [2.75, 3.05) is 13.7 Å². The van der Waals surface area contributed by atoms with Crippen LogP contribution < -0.4 is 0 Å². The maximum Gasteiger partial charge on any atom is 0.178 e. The second kappa shape index (κ2) is 5.02. The van der Waals surface area contributed by atoms with Crippen LogP contribution in [0.2, 0.25) is 0 Å². The Balaban J connectivity index is 2.62. The first-order valence-electron chi connectivity index (χ1n) is 5.87. The van der Waals surface area contributed by atoms with Gasteiger partial charge in [0.15, 0.2) is 4.77 Å². The average molecular weight is 250 g/mol. The van der Waals surface area contributed by atoms with Gasteiger partial charge in [0.25, 0.3) is 0 Å². The Morgan fingerprint density at radius 3 is 2.88 bits per heavy atom. The number of hydrogen-bond acceptors (Lipinski definition) is 2. The maximum atomic E-state index is 5.40. The van der Waals surface area contributed by atoms with Gasteiger partial charge in [-0.3, -0.25) is 0 Å². The summed E-state index contributed by atoms with van der Waals surface area (Å²) in [5.41, 5.74) is 3.50. The molecule has 0 saturated heterocycles. The molecule has 2 rings (SSSR count). The normalized spacial score (nSPS) is 13.1. The molecule has 92 valence electrons. The van der Waals surface area contributed by atoms with Gasteiger partial charge in [0.2, 0.25) is 0 Å². The van der Waals surface area contributed by atoms with E-state index in [1.807, 2.05) is 0 Å². The third-order valence-corrected chi connectivity index (χ3v) is 3.37. The van der Waals surface area contributed by atoms with Crippen molar-refractivity contribution < 1.29 is 4.74 Å². The highest BCUT2D eigenvalue weighted by Gasteiger charge is 2.13. The predicted octanol–water partition coefficient (Wildman–Crippen LogP) is 3.60. The molecular formula is C13H18N2OS. The highest BCUT2D eigenvalue weighted by molar-refractivity contribution is 7.71. The molecule has 4 heteroatoms. The largest absolute Gasteiger partial charge is 0.383 e. The molecule has 0 fully saturated rings. The fourth-order valence-electron chi connectivity index (χ4n) is 2.16. The fourth-order valence-corrected chi connectivity index (χ4v) is 2.52. The van der Waals surface area contributed by atoms with Gasteiger partial charge < -0.3 is 14.3 Å². The number of rotatable bonds is 4. The number of aryl methyl sites for hydroxylation is 1. The van der Waals surface area contributed by atoms with Gasteiger partial charge in [-0.1, -0.05) is 13.0 Å². The molecule has 17 heavy (non-hydrogen) atoms. The first kappa shape index (κ1) is 12.3. The highest BCUT2D eigenvalue weighted by atomic mass is 32.1. The van der Waals surface area contributed by atoms with E-state index in [9.17, 15) is 0 Å². The molecule has 0 aliphatic carbocycles. The minimum absolute atomic E-state index is 0.294. The maximum absolute atomic E-state index is 5.40. The number of hydrogen-bond donors (Lipinski definition) is 1. The lowest BCUT2D eigenvalue weighted by molar-refractivity contribution is 0.154. The summed E-state index contributed by atoms with van der Waals surface area (Å²) in [7, 11) is 1.73. The van der Waals surface area contributed by atoms with E-state index in [2.05, 4.69) is 41.6 Å². The van der Waals surface area contributed by atoms with Crippen LogP contribution in [-0.4, -0.2) is 23.3 Å². The van der Waals surface area contributed by atoms with Crippen LogP contribution in [0, 0.1) is 11.7 Å². The number of imidazole rings is 1. The summed E-state index contributed by atoms with van der Waals surface area (Å²) in [6.45, 7) is 4.93. The number of benzene rings is 1. The number of fused-ring (bicyclic) bond motifs is 1. The van der Waals surface area contributed by atoms with Crippen LogP contribution in [0.25, 0.3) is 11.0 Å². The zero-order chi connectivity index (χ0) is 12.4. The summed E-state index contributed by atoms with van der Waals surface area (Å²) in [4.78, 5) is 3.25. The fraction of sp³-hybridized carbons (Fsp3) is 0.462. The average Bonchev–Trinajstić information content (AvgIpc) is 2.62. The van der Waals surface area contributed by atoms with E-state index in [0.29, 0.717) is 12.6 Å². The van der Waals surface area contributed by atoms with Crippen molar-refractivity contribution in [2.45, 2.75) is 26.3 Å². The van der Waals surface area contributed by atoms with E-state index >= 15 is 0 Å². The molecular weight excluding hydrogens is 232 g/mol. The minimum Gasteiger partial charge on any atom is -0.383 e. The zero-order valence-electron chi connectivity index (χ0n) is 10.5. The van der Waals surface area contributed by atoms with Crippen molar-refractivity contribution in [2.24, 2.45) is 0 Å². The number of ether oxygens (including phenoxy) is 1. The molecule has 1 atom stereocenters. The van der Waals surface area contributed by atoms with Crippen LogP contribution in [0.5, 0.6) is 0 Å². The summed E-state index contributed by atoms with van der Waals surface area (Å²) < 4.78 is 8.21. The topological polar surface area (TPSA) is 29.9 Å². The molecule has 0 radical (unpaired) electrons. The van der Waals surface area contributed by atoms with Gasteiger partial charge in [0, 0.05) is 7.11 Å². The first-order chi connectivity index (χ1) is 8.17. The van der Waals surface area contributed by atoms with Crippen molar-refractivity contribution in [1.82, 2.24) is 9.55 Å². The summed E-state index contributed by atoms with van der Waals surface area (Å²) >= 11 is 5.40. The van der Waals surface area contributed by atoms with E-state index < -0.39 is 0 Å². The number of aromatic amines is 1. The Labute approximate surface area is 106 Å². The molecule has 0 saturated carbocycles. The number of methoxy groups -OCH3 is 1.